The molecule has 92 valence electrons. The predicted molar refractivity (Wildman–Crippen MR) is 77.6 cm³/mol. The summed E-state index contributed by atoms with van der Waals surface area (Å²) in [6.45, 7) is 1.99. The first kappa shape index (κ1) is 11.6. The highest BCUT2D eigenvalue weighted by molar-refractivity contribution is 5.64. The smallest absolute Gasteiger partial charge is 0.0893 e. The molecular formula is C17H14N2. The maximum atomic E-state index is 4.69. The van der Waals surface area contributed by atoms with Crippen molar-refractivity contribution in [1.82, 2.24) is 9.97 Å². The summed E-state index contributed by atoms with van der Waals surface area (Å²) in [7, 11) is 0. The highest BCUT2D eigenvalue weighted by atomic mass is 14.8. The standard InChI is InChI=1S/C17H14N2/c1-13-7-5-11-16(18-13)17-12-6-10-15(19-17)14-8-3-2-4-9-14/h2-12H,1H3. The number of nitrogens with zero attached hydrogens (tertiary/aromatic N) is 2. The molecular weight excluding hydrogens is 232 g/mol. The van der Waals surface area contributed by atoms with Crippen molar-refractivity contribution in [2.45, 2.75) is 6.92 Å². The first-order chi connectivity index (χ1) is 9.33. The third-order valence-corrected chi connectivity index (χ3v) is 2.97. The maximum absolute atomic E-state index is 4.69. The highest BCUT2D eigenvalue weighted by Gasteiger charge is 2.04. The minimum Gasteiger partial charge on any atom is -0.251 e. The molecule has 3 rings (SSSR count). The summed E-state index contributed by atoms with van der Waals surface area (Å²) < 4.78 is 0. The van der Waals surface area contributed by atoms with E-state index in [1.54, 1.807) is 0 Å². The molecule has 2 nitrogen and oxygen atoms in total. The van der Waals surface area contributed by atoms with E-state index in [4.69, 9.17) is 4.98 Å². The number of hydrogen-bond donors (Lipinski definition) is 0. The lowest BCUT2D eigenvalue weighted by Crippen LogP contribution is -1.91. The number of aromatic nitrogens is 2. The molecule has 3 aromatic rings. The lowest BCUT2D eigenvalue weighted by molar-refractivity contribution is 1.18. The van der Waals surface area contributed by atoms with Gasteiger partial charge < -0.3 is 0 Å². The quantitative estimate of drug-likeness (QED) is 0.679. The fraction of sp³-hybridized carbons (Fsp3) is 0.0588. The minimum atomic E-state index is 0.907. The van der Waals surface area contributed by atoms with Crippen molar-refractivity contribution in [2.24, 2.45) is 0 Å². The van der Waals surface area contributed by atoms with E-state index in [1.807, 2.05) is 61.5 Å². The zero-order valence-corrected chi connectivity index (χ0v) is 10.7. The van der Waals surface area contributed by atoms with Gasteiger partial charge in [0.15, 0.2) is 0 Å². The van der Waals surface area contributed by atoms with Crippen LogP contribution in [0.25, 0.3) is 22.6 Å². The SMILES string of the molecule is Cc1cccc(-c2cccc(-c3ccccc3)n2)n1. The first-order valence-corrected chi connectivity index (χ1v) is 6.29. The molecule has 2 heterocycles. The molecule has 0 unspecified atom stereocenters. The lowest BCUT2D eigenvalue weighted by Gasteiger charge is -2.05. The Morgan fingerprint density at radius 1 is 0.579 bits per heavy atom. The summed E-state index contributed by atoms with van der Waals surface area (Å²) in [6, 6.07) is 22.2. The summed E-state index contributed by atoms with van der Waals surface area (Å²) in [5.74, 6) is 0. The van der Waals surface area contributed by atoms with E-state index in [2.05, 4.69) is 17.1 Å². The first-order valence-electron chi connectivity index (χ1n) is 6.29. The summed E-state index contributed by atoms with van der Waals surface area (Å²) in [6.07, 6.45) is 0. The second-order valence-electron chi connectivity index (χ2n) is 4.44. The van der Waals surface area contributed by atoms with E-state index in [0.29, 0.717) is 0 Å². The normalized spacial score (nSPS) is 10.4. The van der Waals surface area contributed by atoms with Crippen LogP contribution in [0.15, 0.2) is 66.7 Å². The van der Waals surface area contributed by atoms with Crippen LogP contribution >= 0.6 is 0 Å². The summed E-state index contributed by atoms with van der Waals surface area (Å²) in [5.41, 5.74) is 4.92. The van der Waals surface area contributed by atoms with Crippen molar-refractivity contribution >= 4 is 0 Å². The largest absolute Gasteiger partial charge is 0.251 e. The Balaban J connectivity index is 2.06. The molecule has 19 heavy (non-hydrogen) atoms. The van der Waals surface area contributed by atoms with E-state index >= 15 is 0 Å². The number of pyridine rings is 2. The van der Waals surface area contributed by atoms with E-state index in [-0.39, 0.29) is 0 Å². The Morgan fingerprint density at radius 3 is 1.95 bits per heavy atom. The van der Waals surface area contributed by atoms with Crippen molar-refractivity contribution in [3.8, 4) is 22.6 Å². The van der Waals surface area contributed by atoms with Gasteiger partial charge in [0, 0.05) is 11.3 Å². The molecule has 1 aromatic carbocycles. The van der Waals surface area contributed by atoms with Crippen LogP contribution in [-0.2, 0) is 0 Å². The Kier molecular flexibility index (Phi) is 3.07. The number of benzene rings is 1. The van der Waals surface area contributed by atoms with Gasteiger partial charge in [0.2, 0.25) is 0 Å². The topological polar surface area (TPSA) is 25.8 Å². The van der Waals surface area contributed by atoms with Crippen LogP contribution in [0.4, 0.5) is 0 Å². The average molecular weight is 246 g/mol. The van der Waals surface area contributed by atoms with Crippen LogP contribution in [0.1, 0.15) is 5.69 Å². The van der Waals surface area contributed by atoms with Crippen molar-refractivity contribution < 1.29 is 0 Å². The van der Waals surface area contributed by atoms with Crippen LogP contribution in [0.5, 0.6) is 0 Å². The van der Waals surface area contributed by atoms with Crippen LogP contribution in [0.2, 0.25) is 0 Å². The van der Waals surface area contributed by atoms with Crippen molar-refractivity contribution in [2.75, 3.05) is 0 Å². The predicted octanol–water partition coefficient (Wildman–Crippen LogP) is 4.12. The van der Waals surface area contributed by atoms with Crippen molar-refractivity contribution in [3.63, 3.8) is 0 Å². The molecule has 0 bridgehead atoms. The van der Waals surface area contributed by atoms with Crippen LogP contribution in [0, 0.1) is 6.92 Å². The van der Waals surface area contributed by atoms with Gasteiger partial charge in [-0.25, -0.2) is 4.98 Å². The van der Waals surface area contributed by atoms with Gasteiger partial charge in [0.1, 0.15) is 0 Å². The summed E-state index contributed by atoms with van der Waals surface area (Å²) in [5, 5.41) is 0. The molecule has 0 fully saturated rings. The molecule has 0 spiro atoms. The summed E-state index contributed by atoms with van der Waals surface area (Å²) in [4.78, 5) is 9.21. The lowest BCUT2D eigenvalue weighted by atomic mass is 10.1. The fourth-order valence-electron chi connectivity index (χ4n) is 2.03. The molecule has 2 heteroatoms. The van der Waals surface area contributed by atoms with Gasteiger partial charge in [-0.15, -0.1) is 0 Å². The van der Waals surface area contributed by atoms with Gasteiger partial charge in [-0.05, 0) is 31.2 Å². The zero-order chi connectivity index (χ0) is 13.1. The van der Waals surface area contributed by atoms with Crippen molar-refractivity contribution in [3.05, 3.63) is 72.4 Å². The summed E-state index contributed by atoms with van der Waals surface area (Å²) >= 11 is 0. The van der Waals surface area contributed by atoms with Crippen LogP contribution in [0.3, 0.4) is 0 Å². The van der Waals surface area contributed by atoms with Crippen molar-refractivity contribution in [1.29, 1.82) is 0 Å². The third-order valence-electron chi connectivity index (χ3n) is 2.97. The third kappa shape index (κ3) is 2.52. The van der Waals surface area contributed by atoms with E-state index in [9.17, 15) is 0 Å². The monoisotopic (exact) mass is 246 g/mol. The molecule has 0 atom stereocenters. The van der Waals surface area contributed by atoms with E-state index in [1.165, 1.54) is 0 Å². The van der Waals surface area contributed by atoms with Gasteiger partial charge in [-0.1, -0.05) is 42.5 Å². The molecule has 0 saturated heterocycles. The van der Waals surface area contributed by atoms with E-state index in [0.717, 1.165) is 28.3 Å². The Hall–Kier alpha value is -2.48. The fourth-order valence-corrected chi connectivity index (χ4v) is 2.03. The van der Waals surface area contributed by atoms with Crippen LogP contribution in [-0.4, -0.2) is 9.97 Å². The Labute approximate surface area is 112 Å². The molecule has 2 aromatic heterocycles. The second-order valence-corrected chi connectivity index (χ2v) is 4.44. The molecule has 0 aliphatic rings. The minimum absolute atomic E-state index is 0.907. The number of aryl methyl sites for hydroxylation is 1. The molecule has 0 N–H and O–H groups in total. The molecule has 0 aliphatic carbocycles. The van der Waals surface area contributed by atoms with Gasteiger partial charge in [-0.3, -0.25) is 4.98 Å². The van der Waals surface area contributed by atoms with E-state index < -0.39 is 0 Å². The molecule has 0 aliphatic heterocycles. The molecule has 0 saturated carbocycles. The van der Waals surface area contributed by atoms with Crippen LogP contribution < -0.4 is 0 Å². The maximum Gasteiger partial charge on any atom is 0.0893 e. The van der Waals surface area contributed by atoms with Gasteiger partial charge in [0.05, 0.1) is 17.1 Å². The van der Waals surface area contributed by atoms with Gasteiger partial charge in [-0.2, -0.15) is 0 Å². The average Bonchev–Trinajstić information content (AvgIpc) is 2.48. The number of rotatable bonds is 2. The Bertz CT molecular complexity index is 690. The molecule has 0 amide bonds. The number of hydrogen-bond acceptors (Lipinski definition) is 2. The van der Waals surface area contributed by atoms with Gasteiger partial charge in [0.25, 0.3) is 0 Å². The zero-order valence-electron chi connectivity index (χ0n) is 10.7. The second kappa shape index (κ2) is 5.02. The Morgan fingerprint density at radius 2 is 1.21 bits per heavy atom. The van der Waals surface area contributed by atoms with Gasteiger partial charge >= 0.3 is 0 Å². The highest BCUT2D eigenvalue weighted by Crippen LogP contribution is 2.21. The molecule has 0 radical (unpaired) electrons.